The SMILES string of the molecule is CCOc1ccc2c(c1)CN(C(=O)c1nc(-c3cccs3)n(-c3ccc(F)cc3)n1)CC2. The molecule has 0 aliphatic carbocycles. The average molecular weight is 449 g/mol. The fraction of sp³-hybridized carbons (Fsp3) is 0.208. The number of rotatable bonds is 5. The Bertz CT molecular complexity index is 1250. The van der Waals surface area contributed by atoms with Crippen LogP contribution in [0.1, 0.15) is 28.7 Å². The molecule has 162 valence electrons. The second-order valence-electron chi connectivity index (χ2n) is 7.46. The maximum absolute atomic E-state index is 13.4. The van der Waals surface area contributed by atoms with Crippen molar-refractivity contribution in [1.29, 1.82) is 0 Å². The Balaban J connectivity index is 1.47. The van der Waals surface area contributed by atoms with Gasteiger partial charge in [-0.1, -0.05) is 12.1 Å². The molecule has 0 N–H and O–H groups in total. The van der Waals surface area contributed by atoms with Gasteiger partial charge < -0.3 is 9.64 Å². The topological polar surface area (TPSA) is 60.2 Å². The van der Waals surface area contributed by atoms with Crippen molar-refractivity contribution < 1.29 is 13.9 Å². The van der Waals surface area contributed by atoms with Gasteiger partial charge in [0, 0.05) is 13.1 Å². The molecule has 5 rings (SSSR count). The molecule has 2 aromatic heterocycles. The van der Waals surface area contributed by atoms with Crippen LogP contribution in [0.25, 0.3) is 16.4 Å². The lowest BCUT2D eigenvalue weighted by molar-refractivity contribution is 0.0722. The molecule has 0 saturated carbocycles. The summed E-state index contributed by atoms with van der Waals surface area (Å²) in [5.74, 6) is 0.935. The van der Waals surface area contributed by atoms with Gasteiger partial charge in [0.25, 0.3) is 5.91 Å². The molecule has 0 unspecified atom stereocenters. The highest BCUT2D eigenvalue weighted by molar-refractivity contribution is 7.13. The summed E-state index contributed by atoms with van der Waals surface area (Å²) in [6.07, 6.45) is 0.768. The summed E-state index contributed by atoms with van der Waals surface area (Å²) in [4.78, 5) is 20.6. The second-order valence-corrected chi connectivity index (χ2v) is 8.41. The molecule has 3 heterocycles. The van der Waals surface area contributed by atoms with Gasteiger partial charge in [-0.2, -0.15) is 0 Å². The van der Waals surface area contributed by atoms with Crippen molar-refractivity contribution in [2.75, 3.05) is 13.2 Å². The molecule has 1 amide bonds. The highest BCUT2D eigenvalue weighted by Crippen LogP contribution is 2.28. The number of benzene rings is 2. The van der Waals surface area contributed by atoms with Crippen molar-refractivity contribution in [3.8, 4) is 22.1 Å². The average Bonchev–Trinajstić information content (AvgIpc) is 3.49. The van der Waals surface area contributed by atoms with Crippen LogP contribution in [0.5, 0.6) is 5.75 Å². The van der Waals surface area contributed by atoms with Crippen LogP contribution in [-0.2, 0) is 13.0 Å². The summed E-state index contributed by atoms with van der Waals surface area (Å²) < 4.78 is 20.7. The van der Waals surface area contributed by atoms with Gasteiger partial charge in [-0.05, 0) is 72.3 Å². The van der Waals surface area contributed by atoms with Crippen LogP contribution in [0.3, 0.4) is 0 Å². The third kappa shape index (κ3) is 3.89. The van der Waals surface area contributed by atoms with E-state index in [0.29, 0.717) is 31.2 Å². The van der Waals surface area contributed by atoms with E-state index < -0.39 is 0 Å². The number of thiophene rings is 1. The smallest absolute Gasteiger partial charge is 0.293 e. The molecule has 32 heavy (non-hydrogen) atoms. The first-order valence-corrected chi connectivity index (χ1v) is 11.3. The van der Waals surface area contributed by atoms with Crippen LogP contribution in [0, 0.1) is 5.82 Å². The van der Waals surface area contributed by atoms with E-state index in [1.807, 2.05) is 36.6 Å². The van der Waals surface area contributed by atoms with Gasteiger partial charge >= 0.3 is 0 Å². The van der Waals surface area contributed by atoms with E-state index in [1.54, 1.807) is 21.7 Å². The summed E-state index contributed by atoms with van der Waals surface area (Å²) >= 11 is 1.51. The highest BCUT2D eigenvalue weighted by atomic mass is 32.1. The summed E-state index contributed by atoms with van der Waals surface area (Å²) in [6.45, 7) is 3.62. The third-order valence-electron chi connectivity index (χ3n) is 5.40. The number of aromatic nitrogens is 3. The number of fused-ring (bicyclic) bond motifs is 1. The van der Waals surface area contributed by atoms with Crippen LogP contribution < -0.4 is 4.74 Å². The largest absolute Gasteiger partial charge is 0.494 e. The Morgan fingerprint density at radius 2 is 2.00 bits per heavy atom. The van der Waals surface area contributed by atoms with E-state index in [1.165, 1.54) is 29.0 Å². The van der Waals surface area contributed by atoms with Gasteiger partial charge in [-0.15, -0.1) is 16.4 Å². The molecule has 8 heteroatoms. The first-order chi connectivity index (χ1) is 15.6. The first-order valence-electron chi connectivity index (χ1n) is 10.4. The lowest BCUT2D eigenvalue weighted by atomic mass is 9.99. The monoisotopic (exact) mass is 448 g/mol. The van der Waals surface area contributed by atoms with Crippen LogP contribution in [-0.4, -0.2) is 38.7 Å². The number of carbonyl (C=O) groups is 1. The quantitative estimate of drug-likeness (QED) is 0.443. The summed E-state index contributed by atoms with van der Waals surface area (Å²) in [5.41, 5.74) is 2.94. The van der Waals surface area contributed by atoms with Crippen molar-refractivity contribution in [2.45, 2.75) is 19.9 Å². The number of halogens is 1. The number of nitrogens with zero attached hydrogens (tertiary/aromatic N) is 4. The molecule has 6 nitrogen and oxygen atoms in total. The number of carbonyl (C=O) groups excluding carboxylic acids is 1. The maximum Gasteiger partial charge on any atom is 0.293 e. The van der Waals surface area contributed by atoms with Gasteiger partial charge in [0.2, 0.25) is 5.82 Å². The number of amides is 1. The van der Waals surface area contributed by atoms with Crippen molar-refractivity contribution in [1.82, 2.24) is 19.7 Å². The predicted molar refractivity (Wildman–Crippen MR) is 121 cm³/mol. The molecule has 1 aliphatic rings. The van der Waals surface area contributed by atoms with Gasteiger partial charge in [0.15, 0.2) is 5.82 Å². The van der Waals surface area contributed by atoms with Crippen LogP contribution in [0.2, 0.25) is 0 Å². The molecular formula is C24H21FN4O2S. The minimum absolute atomic E-state index is 0.127. The Morgan fingerprint density at radius 1 is 1.16 bits per heavy atom. The Kier molecular flexibility index (Phi) is 5.45. The number of hydrogen-bond acceptors (Lipinski definition) is 5. The fourth-order valence-electron chi connectivity index (χ4n) is 3.83. The third-order valence-corrected chi connectivity index (χ3v) is 6.27. The number of hydrogen-bond donors (Lipinski definition) is 0. The lowest BCUT2D eigenvalue weighted by Gasteiger charge is -2.28. The van der Waals surface area contributed by atoms with E-state index in [2.05, 4.69) is 16.1 Å². The zero-order valence-electron chi connectivity index (χ0n) is 17.5. The highest BCUT2D eigenvalue weighted by Gasteiger charge is 2.27. The van der Waals surface area contributed by atoms with Crippen LogP contribution in [0.4, 0.5) is 4.39 Å². The van der Waals surface area contributed by atoms with Crippen molar-refractivity contribution in [3.63, 3.8) is 0 Å². The van der Waals surface area contributed by atoms with Gasteiger partial charge in [0.1, 0.15) is 11.6 Å². The molecule has 0 fully saturated rings. The standard InChI is InChI=1S/C24H21FN4O2S/c1-2-31-20-10-5-16-11-12-28(15-17(16)14-20)24(30)22-26-23(21-4-3-13-32-21)29(27-22)19-8-6-18(25)7-9-19/h3-10,13-14H,2,11-12,15H2,1H3. The van der Waals surface area contributed by atoms with E-state index in [-0.39, 0.29) is 17.5 Å². The second kappa shape index (κ2) is 8.55. The molecule has 2 aromatic carbocycles. The normalized spacial score (nSPS) is 13.1. The Hall–Kier alpha value is -3.52. The number of ether oxygens (including phenoxy) is 1. The molecular weight excluding hydrogens is 427 g/mol. The van der Waals surface area contributed by atoms with E-state index in [4.69, 9.17) is 4.74 Å². The molecule has 0 atom stereocenters. The lowest BCUT2D eigenvalue weighted by Crippen LogP contribution is -2.36. The fourth-order valence-corrected chi connectivity index (χ4v) is 4.53. The van der Waals surface area contributed by atoms with Crippen molar-refractivity contribution >= 4 is 17.2 Å². The molecule has 4 aromatic rings. The van der Waals surface area contributed by atoms with E-state index in [9.17, 15) is 9.18 Å². The van der Waals surface area contributed by atoms with Crippen molar-refractivity contribution in [2.24, 2.45) is 0 Å². The predicted octanol–water partition coefficient (Wildman–Crippen LogP) is 4.73. The van der Waals surface area contributed by atoms with Crippen LogP contribution >= 0.6 is 11.3 Å². The van der Waals surface area contributed by atoms with Gasteiger partial charge in [-0.3, -0.25) is 4.79 Å². The van der Waals surface area contributed by atoms with Crippen molar-refractivity contribution in [3.05, 3.63) is 82.7 Å². The minimum atomic E-state index is -0.332. The summed E-state index contributed by atoms with van der Waals surface area (Å²) in [5, 5.41) is 6.46. The van der Waals surface area contributed by atoms with E-state index in [0.717, 1.165) is 22.6 Å². The molecule has 0 bridgehead atoms. The maximum atomic E-state index is 13.4. The molecule has 0 spiro atoms. The summed E-state index contributed by atoms with van der Waals surface area (Å²) in [6, 6.07) is 15.9. The van der Waals surface area contributed by atoms with Gasteiger partial charge in [-0.25, -0.2) is 14.1 Å². The van der Waals surface area contributed by atoms with Crippen LogP contribution in [0.15, 0.2) is 60.0 Å². The Morgan fingerprint density at radius 3 is 2.75 bits per heavy atom. The first kappa shape index (κ1) is 20.4. The zero-order valence-corrected chi connectivity index (χ0v) is 18.3. The zero-order chi connectivity index (χ0) is 22.1. The molecule has 1 aliphatic heterocycles. The minimum Gasteiger partial charge on any atom is -0.494 e. The molecule has 0 radical (unpaired) electrons. The molecule has 0 saturated heterocycles. The summed E-state index contributed by atoms with van der Waals surface area (Å²) in [7, 11) is 0. The van der Waals surface area contributed by atoms with E-state index >= 15 is 0 Å². The van der Waals surface area contributed by atoms with Gasteiger partial charge in [0.05, 0.1) is 17.2 Å². The Labute approximate surface area is 188 Å².